The van der Waals surface area contributed by atoms with Gasteiger partial charge in [-0.2, -0.15) is 0 Å². The van der Waals surface area contributed by atoms with Crippen LogP contribution in [0.1, 0.15) is 0 Å². The van der Waals surface area contributed by atoms with Crippen molar-refractivity contribution in [1.82, 2.24) is 0 Å². The van der Waals surface area contributed by atoms with Crippen molar-refractivity contribution in [3.63, 3.8) is 0 Å². The molecule has 0 fully saturated rings. The fourth-order valence-electron chi connectivity index (χ4n) is 1.07. The molecule has 0 aliphatic carbocycles. The Morgan fingerprint density at radius 3 is 1.92 bits per heavy atom. The third-order valence-corrected chi connectivity index (χ3v) is 11.1. The lowest BCUT2D eigenvalue weighted by Gasteiger charge is -2.31. The highest BCUT2D eigenvalue weighted by molar-refractivity contribution is 6.90. The number of hydrogen-bond donors (Lipinski definition) is 0. The molecule has 0 aromatic carbocycles. The van der Waals surface area contributed by atoms with Crippen LogP contribution in [0.2, 0.25) is 26.2 Å². The summed E-state index contributed by atoms with van der Waals surface area (Å²) < 4.78 is 11.7. The van der Waals surface area contributed by atoms with E-state index in [4.69, 9.17) is 8.23 Å². The van der Waals surface area contributed by atoms with Gasteiger partial charge in [0.2, 0.25) is 8.32 Å². The zero-order valence-electron chi connectivity index (χ0n) is 9.09. The predicted octanol–water partition coefficient (Wildman–Crippen LogP) is 1.88. The van der Waals surface area contributed by atoms with Gasteiger partial charge in [0.1, 0.15) is 9.76 Å². The molecule has 0 aliphatic rings. The first-order valence-corrected chi connectivity index (χ1v) is 11.9. The monoisotopic (exact) mass is 232 g/mol. The van der Waals surface area contributed by atoms with Crippen LogP contribution in [0, 0.1) is 0 Å². The maximum Gasteiger partial charge on any atom is 0.311 e. The Morgan fingerprint density at radius 2 is 1.62 bits per heavy atom. The zero-order valence-corrected chi connectivity index (χ0v) is 12.5. The second-order valence-corrected chi connectivity index (χ2v) is 12.1. The molecular weight excluding hydrogens is 212 g/mol. The molecule has 0 bridgehead atoms. The van der Waals surface area contributed by atoms with Crippen molar-refractivity contribution in [2.75, 3.05) is 0 Å². The van der Waals surface area contributed by atoms with Gasteiger partial charge >= 0.3 is 8.56 Å². The molecule has 0 heterocycles. The highest BCUT2D eigenvalue weighted by Crippen LogP contribution is 2.16. The van der Waals surface area contributed by atoms with Gasteiger partial charge in [-0.3, -0.25) is 0 Å². The van der Waals surface area contributed by atoms with E-state index in [0.717, 1.165) is 0 Å². The first-order chi connectivity index (χ1) is 5.89. The van der Waals surface area contributed by atoms with E-state index >= 15 is 0 Å². The molecule has 0 aromatic rings. The molecule has 76 valence electrons. The maximum atomic E-state index is 6.02. The molecule has 0 atom stereocenters. The SMILES string of the molecule is C=C[Si](C)(C=C)O[Si](C)(C)O[SiH2]C. The molecule has 2 nitrogen and oxygen atoms in total. The molecule has 0 aliphatic heterocycles. The van der Waals surface area contributed by atoms with Gasteiger partial charge in [-0.1, -0.05) is 17.9 Å². The van der Waals surface area contributed by atoms with E-state index in [-0.39, 0.29) is 9.76 Å². The lowest BCUT2D eigenvalue weighted by atomic mass is 11.2. The van der Waals surface area contributed by atoms with Crippen molar-refractivity contribution in [1.29, 1.82) is 0 Å². The minimum Gasteiger partial charge on any atom is -0.442 e. The van der Waals surface area contributed by atoms with Crippen LogP contribution in [0.3, 0.4) is 0 Å². The fraction of sp³-hybridized carbons (Fsp3) is 0.500. The van der Waals surface area contributed by atoms with E-state index < -0.39 is 16.9 Å². The third-order valence-electron chi connectivity index (χ3n) is 1.77. The molecule has 13 heavy (non-hydrogen) atoms. The van der Waals surface area contributed by atoms with Crippen LogP contribution in [-0.2, 0) is 8.23 Å². The van der Waals surface area contributed by atoms with E-state index in [9.17, 15) is 0 Å². The van der Waals surface area contributed by atoms with Gasteiger partial charge in [0.25, 0.3) is 0 Å². The minimum absolute atomic E-state index is 0.384. The molecule has 0 saturated carbocycles. The van der Waals surface area contributed by atoms with Gasteiger partial charge in [-0.25, -0.2) is 0 Å². The fourth-order valence-corrected chi connectivity index (χ4v) is 9.69. The van der Waals surface area contributed by atoms with Gasteiger partial charge in [0.15, 0.2) is 0 Å². The van der Waals surface area contributed by atoms with Crippen LogP contribution in [0.5, 0.6) is 0 Å². The normalized spacial score (nSPS) is 13.5. The molecular formula is C8H20O2Si3. The lowest BCUT2D eigenvalue weighted by molar-refractivity contribution is 0.417. The second-order valence-electron chi connectivity index (χ2n) is 3.53. The van der Waals surface area contributed by atoms with Gasteiger partial charge in [0, 0.05) is 0 Å². The van der Waals surface area contributed by atoms with Crippen molar-refractivity contribution in [3.8, 4) is 0 Å². The van der Waals surface area contributed by atoms with E-state index in [1.807, 2.05) is 11.4 Å². The lowest BCUT2D eigenvalue weighted by Crippen LogP contribution is -2.46. The average molecular weight is 233 g/mol. The molecule has 0 aromatic heterocycles. The van der Waals surface area contributed by atoms with Crippen LogP contribution >= 0.6 is 0 Å². The highest BCUT2D eigenvalue weighted by Gasteiger charge is 2.33. The summed E-state index contributed by atoms with van der Waals surface area (Å²) in [4.78, 5) is 0. The third kappa shape index (κ3) is 4.73. The summed E-state index contributed by atoms with van der Waals surface area (Å²) in [5, 5.41) is 0. The Morgan fingerprint density at radius 1 is 1.15 bits per heavy atom. The summed E-state index contributed by atoms with van der Waals surface area (Å²) in [5.41, 5.74) is 3.80. The second kappa shape index (κ2) is 5.06. The largest absolute Gasteiger partial charge is 0.442 e. The molecule has 0 N–H and O–H groups in total. The zero-order chi connectivity index (χ0) is 10.5. The summed E-state index contributed by atoms with van der Waals surface area (Å²) in [5.74, 6) is 0. The molecule has 5 heteroatoms. The predicted molar refractivity (Wildman–Crippen MR) is 66.1 cm³/mol. The Hall–Kier alpha value is 0.0506. The van der Waals surface area contributed by atoms with Crippen LogP contribution in [0.4, 0.5) is 0 Å². The van der Waals surface area contributed by atoms with Gasteiger partial charge < -0.3 is 8.23 Å². The van der Waals surface area contributed by atoms with Crippen molar-refractivity contribution in [2.45, 2.75) is 26.2 Å². The van der Waals surface area contributed by atoms with Gasteiger partial charge in [0.05, 0.1) is 0 Å². The van der Waals surface area contributed by atoms with E-state index in [1.165, 1.54) is 0 Å². The van der Waals surface area contributed by atoms with Crippen LogP contribution in [-0.4, -0.2) is 26.6 Å². The molecule has 0 radical (unpaired) electrons. The van der Waals surface area contributed by atoms with Crippen molar-refractivity contribution in [3.05, 3.63) is 24.6 Å². The Labute approximate surface area is 86.0 Å². The molecule has 0 saturated heterocycles. The van der Waals surface area contributed by atoms with Crippen LogP contribution in [0.15, 0.2) is 24.6 Å². The standard InChI is InChI=1S/C8H20O2Si3/c1-7-13(6,8-2)10-12(4,5)9-11-3/h7-8H,1-2,11H2,3-6H3. The minimum atomic E-state index is -1.90. The summed E-state index contributed by atoms with van der Waals surface area (Å²) in [6.07, 6.45) is 0. The van der Waals surface area contributed by atoms with E-state index in [2.05, 4.69) is 39.3 Å². The summed E-state index contributed by atoms with van der Waals surface area (Å²) in [6.45, 7) is 16.0. The quantitative estimate of drug-likeness (QED) is 0.651. The molecule has 0 unspecified atom stereocenters. The Bertz CT molecular complexity index is 184. The molecule has 0 amide bonds. The summed E-state index contributed by atoms with van der Waals surface area (Å²) in [7, 11) is -4.17. The van der Waals surface area contributed by atoms with Crippen molar-refractivity contribution in [2.24, 2.45) is 0 Å². The van der Waals surface area contributed by atoms with E-state index in [1.54, 1.807) is 0 Å². The van der Waals surface area contributed by atoms with Gasteiger partial charge in [-0.05, 0) is 19.6 Å². The molecule has 0 spiro atoms. The van der Waals surface area contributed by atoms with Crippen LogP contribution in [0.25, 0.3) is 0 Å². The average Bonchev–Trinajstić information content (AvgIpc) is 2.03. The Kier molecular flexibility index (Phi) is 5.08. The van der Waals surface area contributed by atoms with Crippen molar-refractivity contribution >= 4 is 26.6 Å². The topological polar surface area (TPSA) is 18.5 Å². The Balaban J connectivity index is 4.38. The molecule has 0 rings (SSSR count). The maximum absolute atomic E-state index is 6.02. The first-order valence-electron chi connectivity index (χ1n) is 4.50. The smallest absolute Gasteiger partial charge is 0.311 e. The summed E-state index contributed by atoms with van der Waals surface area (Å²) in [6, 6.07) is 0. The first kappa shape index (κ1) is 13.1. The van der Waals surface area contributed by atoms with Gasteiger partial charge in [-0.15, -0.1) is 13.2 Å². The number of hydrogen-bond acceptors (Lipinski definition) is 2. The summed E-state index contributed by atoms with van der Waals surface area (Å²) >= 11 is 0. The van der Waals surface area contributed by atoms with Crippen molar-refractivity contribution < 1.29 is 8.23 Å². The number of rotatable bonds is 6. The highest BCUT2D eigenvalue weighted by atomic mass is 28.5. The van der Waals surface area contributed by atoms with Crippen LogP contribution < -0.4 is 0 Å². The van der Waals surface area contributed by atoms with E-state index in [0.29, 0.717) is 0 Å².